The van der Waals surface area contributed by atoms with Gasteiger partial charge in [0.25, 0.3) is 0 Å². The van der Waals surface area contributed by atoms with Gasteiger partial charge in [-0.1, -0.05) is 25.1 Å². The van der Waals surface area contributed by atoms with E-state index in [1.807, 2.05) is 12.1 Å². The minimum Gasteiger partial charge on any atom is -0.508 e. The summed E-state index contributed by atoms with van der Waals surface area (Å²) < 4.78 is 0. The van der Waals surface area contributed by atoms with Gasteiger partial charge in [0.2, 0.25) is 0 Å². The maximum atomic E-state index is 9.93. The quantitative estimate of drug-likeness (QED) is 0.843. The first-order valence-corrected chi connectivity index (χ1v) is 6.27. The summed E-state index contributed by atoms with van der Waals surface area (Å²) in [4.78, 5) is 2.52. The molecule has 0 spiro atoms. The van der Waals surface area contributed by atoms with Gasteiger partial charge in [-0.25, -0.2) is 0 Å². The van der Waals surface area contributed by atoms with Crippen molar-refractivity contribution in [3.8, 4) is 5.75 Å². The zero-order chi connectivity index (χ0) is 11.5. The maximum Gasteiger partial charge on any atom is 0.120 e. The molecule has 2 atom stereocenters. The number of phenolic OH excluding ortho intramolecular Hbond substituents is 1. The molecule has 1 aliphatic rings. The summed E-state index contributed by atoms with van der Waals surface area (Å²) in [5, 5.41) is 9.93. The summed E-state index contributed by atoms with van der Waals surface area (Å²) in [5.41, 5.74) is 1.08. The van der Waals surface area contributed by atoms with Gasteiger partial charge in [0.1, 0.15) is 5.75 Å². The first-order valence-electron chi connectivity index (χ1n) is 6.27. The van der Waals surface area contributed by atoms with Crippen molar-refractivity contribution in [3.63, 3.8) is 0 Å². The SMILES string of the molecule is CCC(c1ccccc1O)N1CCCC1C. The highest BCUT2D eigenvalue weighted by Gasteiger charge is 2.28. The van der Waals surface area contributed by atoms with Crippen LogP contribution in [0.15, 0.2) is 24.3 Å². The van der Waals surface area contributed by atoms with Gasteiger partial charge < -0.3 is 5.11 Å². The Hall–Kier alpha value is -1.02. The third-order valence-electron chi connectivity index (χ3n) is 3.69. The van der Waals surface area contributed by atoms with E-state index in [0.29, 0.717) is 17.8 Å². The summed E-state index contributed by atoms with van der Waals surface area (Å²) in [6.07, 6.45) is 3.62. The molecule has 0 amide bonds. The minimum atomic E-state index is 0.374. The number of benzene rings is 1. The van der Waals surface area contributed by atoms with E-state index in [9.17, 15) is 5.11 Å². The number of likely N-dealkylation sites (tertiary alicyclic amines) is 1. The van der Waals surface area contributed by atoms with Crippen LogP contribution >= 0.6 is 0 Å². The van der Waals surface area contributed by atoms with Gasteiger partial charge in [-0.3, -0.25) is 4.90 Å². The number of phenols is 1. The predicted molar refractivity (Wildman–Crippen MR) is 66.5 cm³/mol. The molecule has 0 bridgehead atoms. The second-order valence-electron chi connectivity index (χ2n) is 4.71. The largest absolute Gasteiger partial charge is 0.508 e. The molecule has 1 saturated heterocycles. The van der Waals surface area contributed by atoms with Crippen LogP contribution in [0.25, 0.3) is 0 Å². The molecule has 1 aromatic carbocycles. The van der Waals surface area contributed by atoms with Crippen LogP contribution in [0.4, 0.5) is 0 Å². The fourth-order valence-corrected chi connectivity index (χ4v) is 2.82. The topological polar surface area (TPSA) is 23.5 Å². The van der Waals surface area contributed by atoms with Crippen LogP contribution in [0.1, 0.15) is 44.7 Å². The number of para-hydroxylation sites is 1. The fraction of sp³-hybridized carbons (Fsp3) is 0.571. The molecular weight excluding hydrogens is 198 g/mol. The third-order valence-corrected chi connectivity index (χ3v) is 3.69. The Morgan fingerprint density at radius 3 is 2.75 bits per heavy atom. The van der Waals surface area contributed by atoms with Gasteiger partial charge >= 0.3 is 0 Å². The standard InChI is InChI=1S/C14H21NO/c1-3-13(15-10-6-7-11(15)2)12-8-4-5-9-14(12)16/h4-5,8-9,11,13,16H,3,6-7,10H2,1-2H3. The van der Waals surface area contributed by atoms with Crippen LogP contribution in [0.5, 0.6) is 5.75 Å². The zero-order valence-electron chi connectivity index (χ0n) is 10.2. The van der Waals surface area contributed by atoms with Crippen LogP contribution in [-0.4, -0.2) is 22.6 Å². The highest BCUT2D eigenvalue weighted by molar-refractivity contribution is 5.34. The Labute approximate surface area is 97.9 Å². The van der Waals surface area contributed by atoms with Crippen LogP contribution in [0.2, 0.25) is 0 Å². The zero-order valence-corrected chi connectivity index (χ0v) is 10.2. The van der Waals surface area contributed by atoms with Gasteiger partial charge in [-0.05, 0) is 38.8 Å². The van der Waals surface area contributed by atoms with Crippen LogP contribution in [0, 0.1) is 0 Å². The molecule has 0 aliphatic carbocycles. The van der Waals surface area contributed by atoms with E-state index in [4.69, 9.17) is 0 Å². The lowest BCUT2D eigenvalue weighted by molar-refractivity contribution is 0.183. The summed E-state index contributed by atoms with van der Waals surface area (Å²) in [7, 11) is 0. The molecule has 16 heavy (non-hydrogen) atoms. The van der Waals surface area contributed by atoms with Crippen molar-refractivity contribution < 1.29 is 5.11 Å². The Morgan fingerprint density at radius 1 is 1.44 bits per heavy atom. The Morgan fingerprint density at radius 2 is 2.19 bits per heavy atom. The molecule has 1 aromatic rings. The lowest BCUT2D eigenvalue weighted by Crippen LogP contribution is -2.31. The van der Waals surface area contributed by atoms with Crippen molar-refractivity contribution in [2.75, 3.05) is 6.54 Å². The van der Waals surface area contributed by atoms with Gasteiger partial charge in [0.05, 0.1) is 0 Å². The first-order chi connectivity index (χ1) is 7.74. The molecule has 88 valence electrons. The van der Waals surface area contributed by atoms with Crippen molar-refractivity contribution >= 4 is 0 Å². The number of hydrogen-bond donors (Lipinski definition) is 1. The van der Waals surface area contributed by atoms with Crippen molar-refractivity contribution in [2.24, 2.45) is 0 Å². The maximum absolute atomic E-state index is 9.93. The summed E-state index contributed by atoms with van der Waals surface area (Å²) in [5.74, 6) is 0.438. The van der Waals surface area contributed by atoms with Gasteiger partial charge in [-0.2, -0.15) is 0 Å². The van der Waals surface area contributed by atoms with E-state index in [0.717, 1.165) is 18.5 Å². The Bertz CT molecular complexity index is 350. The Balaban J connectivity index is 2.25. The molecule has 0 aromatic heterocycles. The van der Waals surface area contributed by atoms with Gasteiger partial charge in [-0.15, -0.1) is 0 Å². The van der Waals surface area contributed by atoms with E-state index >= 15 is 0 Å². The monoisotopic (exact) mass is 219 g/mol. The van der Waals surface area contributed by atoms with Crippen molar-refractivity contribution in [1.29, 1.82) is 0 Å². The molecule has 1 N–H and O–H groups in total. The lowest BCUT2D eigenvalue weighted by Gasteiger charge is -2.31. The average molecular weight is 219 g/mol. The number of hydrogen-bond acceptors (Lipinski definition) is 2. The summed E-state index contributed by atoms with van der Waals surface area (Å²) >= 11 is 0. The van der Waals surface area contributed by atoms with Crippen molar-refractivity contribution in [3.05, 3.63) is 29.8 Å². The number of aromatic hydroxyl groups is 1. The predicted octanol–water partition coefficient (Wildman–Crippen LogP) is 3.33. The molecule has 2 rings (SSSR count). The van der Waals surface area contributed by atoms with E-state index in [1.54, 1.807) is 6.07 Å². The van der Waals surface area contributed by atoms with Crippen molar-refractivity contribution in [2.45, 2.75) is 45.2 Å². The molecular formula is C14H21NO. The highest BCUT2D eigenvalue weighted by atomic mass is 16.3. The van der Waals surface area contributed by atoms with Crippen LogP contribution in [-0.2, 0) is 0 Å². The van der Waals surface area contributed by atoms with Crippen LogP contribution in [0.3, 0.4) is 0 Å². The fourth-order valence-electron chi connectivity index (χ4n) is 2.82. The smallest absolute Gasteiger partial charge is 0.120 e. The van der Waals surface area contributed by atoms with E-state index in [-0.39, 0.29) is 0 Å². The van der Waals surface area contributed by atoms with Gasteiger partial charge in [0, 0.05) is 17.6 Å². The second-order valence-corrected chi connectivity index (χ2v) is 4.71. The van der Waals surface area contributed by atoms with Gasteiger partial charge in [0.15, 0.2) is 0 Å². The van der Waals surface area contributed by atoms with Crippen LogP contribution < -0.4 is 0 Å². The van der Waals surface area contributed by atoms with E-state index in [1.165, 1.54) is 12.8 Å². The molecule has 0 radical (unpaired) electrons. The molecule has 2 unspecified atom stereocenters. The second kappa shape index (κ2) is 4.88. The molecule has 1 heterocycles. The molecule has 2 nitrogen and oxygen atoms in total. The number of nitrogens with zero attached hydrogens (tertiary/aromatic N) is 1. The number of rotatable bonds is 3. The molecule has 1 aliphatic heterocycles. The van der Waals surface area contributed by atoms with E-state index < -0.39 is 0 Å². The highest BCUT2D eigenvalue weighted by Crippen LogP contribution is 2.35. The normalized spacial score (nSPS) is 23.5. The lowest BCUT2D eigenvalue weighted by atomic mass is 10.0. The minimum absolute atomic E-state index is 0.374. The summed E-state index contributed by atoms with van der Waals surface area (Å²) in [6, 6.07) is 8.76. The third kappa shape index (κ3) is 2.07. The molecule has 1 fully saturated rings. The first kappa shape index (κ1) is 11.5. The molecule has 0 saturated carbocycles. The molecule has 2 heteroatoms. The Kier molecular flexibility index (Phi) is 3.49. The average Bonchev–Trinajstić information content (AvgIpc) is 2.69. The van der Waals surface area contributed by atoms with E-state index in [2.05, 4.69) is 24.8 Å². The van der Waals surface area contributed by atoms with Crippen molar-refractivity contribution in [1.82, 2.24) is 4.90 Å². The summed E-state index contributed by atoms with van der Waals surface area (Å²) in [6.45, 7) is 5.64.